The van der Waals surface area contributed by atoms with Gasteiger partial charge in [0.05, 0.1) is 4.90 Å². The van der Waals surface area contributed by atoms with Crippen molar-refractivity contribution in [3.8, 4) is 0 Å². The Bertz CT molecular complexity index is 951. The smallest absolute Gasteiger partial charge is 0.262 e. The third-order valence-corrected chi connectivity index (χ3v) is 6.26. The lowest BCUT2D eigenvalue weighted by Crippen LogP contribution is -2.29. The van der Waals surface area contributed by atoms with E-state index in [4.69, 9.17) is 5.73 Å². The van der Waals surface area contributed by atoms with Gasteiger partial charge in [-0.05, 0) is 73.8 Å². The van der Waals surface area contributed by atoms with Gasteiger partial charge in [0.1, 0.15) is 5.82 Å². The monoisotopic (exact) mass is 427 g/mol. The summed E-state index contributed by atoms with van der Waals surface area (Å²) in [6.45, 7) is 3.42. The van der Waals surface area contributed by atoms with Crippen molar-refractivity contribution in [2.24, 2.45) is 11.7 Å². The predicted octanol–water partition coefficient (Wildman–Crippen LogP) is 2.78. The van der Waals surface area contributed by atoms with Crippen LogP contribution in [0.15, 0.2) is 47.4 Å². The van der Waals surface area contributed by atoms with E-state index in [1.54, 1.807) is 29.2 Å². The number of carbonyl (C=O) groups excluding carboxylic acids is 1. The van der Waals surface area contributed by atoms with Crippen molar-refractivity contribution >= 4 is 34.0 Å². The van der Waals surface area contributed by atoms with Crippen LogP contribution >= 0.6 is 12.4 Å². The molecule has 1 atom stereocenters. The molecule has 1 heterocycles. The molecule has 28 heavy (non-hydrogen) atoms. The molecule has 3 rings (SSSR count). The molecule has 0 spiro atoms. The van der Waals surface area contributed by atoms with Crippen LogP contribution in [-0.4, -0.2) is 38.9 Å². The highest BCUT2D eigenvalue weighted by molar-refractivity contribution is 7.92. The highest BCUT2D eigenvalue weighted by Gasteiger charge is 2.26. The van der Waals surface area contributed by atoms with Gasteiger partial charge in [-0.15, -0.1) is 12.4 Å². The number of anilines is 1. The van der Waals surface area contributed by atoms with Crippen LogP contribution in [0.5, 0.6) is 0 Å². The fourth-order valence-electron chi connectivity index (χ4n) is 3.20. The molecular weight excluding hydrogens is 405 g/mol. The van der Waals surface area contributed by atoms with Gasteiger partial charge in [-0.3, -0.25) is 9.52 Å². The number of nitrogens with zero attached hydrogens (tertiary/aromatic N) is 1. The molecule has 1 fully saturated rings. The fourth-order valence-corrected chi connectivity index (χ4v) is 4.48. The molecule has 0 aromatic heterocycles. The zero-order chi connectivity index (χ0) is 19.6. The van der Waals surface area contributed by atoms with E-state index in [1.165, 1.54) is 19.1 Å². The van der Waals surface area contributed by atoms with Crippen LogP contribution in [0.4, 0.5) is 10.1 Å². The Labute approximate surface area is 170 Å². The van der Waals surface area contributed by atoms with E-state index in [-0.39, 0.29) is 23.2 Å². The zero-order valence-electron chi connectivity index (χ0n) is 15.4. The van der Waals surface area contributed by atoms with Gasteiger partial charge in [0.25, 0.3) is 15.9 Å². The summed E-state index contributed by atoms with van der Waals surface area (Å²) in [6, 6.07) is 9.77. The maximum Gasteiger partial charge on any atom is 0.262 e. The second-order valence-electron chi connectivity index (χ2n) is 6.73. The van der Waals surface area contributed by atoms with Crippen molar-refractivity contribution in [1.29, 1.82) is 0 Å². The van der Waals surface area contributed by atoms with Crippen molar-refractivity contribution in [3.05, 3.63) is 59.4 Å². The molecule has 0 radical (unpaired) electrons. The molecule has 2 aromatic carbocycles. The number of hydrogen-bond donors (Lipinski definition) is 2. The van der Waals surface area contributed by atoms with Crippen LogP contribution in [0.1, 0.15) is 22.3 Å². The Balaban J connectivity index is 0.00000280. The van der Waals surface area contributed by atoms with Crippen molar-refractivity contribution in [1.82, 2.24) is 4.90 Å². The number of hydrogen-bond acceptors (Lipinski definition) is 4. The van der Waals surface area contributed by atoms with E-state index in [1.807, 2.05) is 0 Å². The van der Waals surface area contributed by atoms with Gasteiger partial charge in [-0.1, -0.05) is 0 Å². The Morgan fingerprint density at radius 3 is 2.50 bits per heavy atom. The number of amides is 1. The summed E-state index contributed by atoms with van der Waals surface area (Å²) in [5.41, 5.74) is 6.80. The number of likely N-dealkylation sites (tertiary alicyclic amines) is 1. The van der Waals surface area contributed by atoms with E-state index in [9.17, 15) is 17.6 Å². The molecule has 1 amide bonds. The zero-order valence-corrected chi connectivity index (χ0v) is 17.0. The van der Waals surface area contributed by atoms with Gasteiger partial charge in [0.15, 0.2) is 0 Å². The quantitative estimate of drug-likeness (QED) is 0.767. The topological polar surface area (TPSA) is 92.5 Å². The Morgan fingerprint density at radius 1 is 1.25 bits per heavy atom. The van der Waals surface area contributed by atoms with Crippen molar-refractivity contribution in [2.45, 2.75) is 18.2 Å². The minimum Gasteiger partial charge on any atom is -0.338 e. The van der Waals surface area contributed by atoms with E-state index in [2.05, 4.69) is 4.72 Å². The summed E-state index contributed by atoms with van der Waals surface area (Å²) in [7, 11) is -3.85. The average Bonchev–Trinajstić information content (AvgIpc) is 3.10. The Hall–Kier alpha value is -2.16. The lowest BCUT2D eigenvalue weighted by Gasteiger charge is -2.16. The molecule has 1 aliphatic heterocycles. The van der Waals surface area contributed by atoms with Crippen LogP contribution < -0.4 is 10.5 Å². The van der Waals surface area contributed by atoms with Crippen molar-refractivity contribution in [2.75, 3.05) is 24.4 Å². The molecule has 0 saturated carbocycles. The van der Waals surface area contributed by atoms with E-state index >= 15 is 0 Å². The van der Waals surface area contributed by atoms with Gasteiger partial charge in [0, 0.05) is 24.3 Å². The second-order valence-corrected chi connectivity index (χ2v) is 8.39. The van der Waals surface area contributed by atoms with Gasteiger partial charge >= 0.3 is 0 Å². The summed E-state index contributed by atoms with van der Waals surface area (Å²) >= 11 is 0. The minimum absolute atomic E-state index is 0. The predicted molar refractivity (Wildman–Crippen MR) is 109 cm³/mol. The molecular formula is C19H23ClFN3O3S. The first-order chi connectivity index (χ1) is 12.8. The lowest BCUT2D eigenvalue weighted by atomic mass is 10.1. The van der Waals surface area contributed by atoms with Gasteiger partial charge in [-0.25, -0.2) is 12.8 Å². The summed E-state index contributed by atoms with van der Waals surface area (Å²) in [6.07, 6.45) is 0.900. The van der Waals surface area contributed by atoms with Crippen molar-refractivity contribution in [3.63, 3.8) is 0 Å². The highest BCUT2D eigenvalue weighted by Crippen LogP contribution is 2.22. The Morgan fingerprint density at radius 2 is 1.93 bits per heavy atom. The summed E-state index contributed by atoms with van der Waals surface area (Å²) in [5.74, 6) is -0.248. The molecule has 1 unspecified atom stereocenters. The first-order valence-corrected chi connectivity index (χ1v) is 10.2. The number of rotatable bonds is 5. The molecule has 2 aromatic rings. The minimum atomic E-state index is -3.85. The first kappa shape index (κ1) is 22.1. The first-order valence-electron chi connectivity index (χ1n) is 8.68. The highest BCUT2D eigenvalue weighted by atomic mass is 35.5. The summed E-state index contributed by atoms with van der Waals surface area (Å²) < 4.78 is 40.7. The largest absolute Gasteiger partial charge is 0.338 e. The molecule has 0 aliphatic carbocycles. The van der Waals surface area contributed by atoms with Crippen LogP contribution in [-0.2, 0) is 10.0 Å². The van der Waals surface area contributed by atoms with Crippen LogP contribution in [0.25, 0.3) is 0 Å². The third-order valence-electron chi connectivity index (χ3n) is 4.72. The number of benzene rings is 2. The van der Waals surface area contributed by atoms with E-state index in [0.717, 1.165) is 12.5 Å². The molecule has 0 bridgehead atoms. The number of nitrogens with two attached hydrogens (primary N) is 1. The third kappa shape index (κ3) is 4.81. The summed E-state index contributed by atoms with van der Waals surface area (Å²) in [4.78, 5) is 14.3. The maximum atomic E-state index is 13.2. The Kier molecular flexibility index (Phi) is 7.03. The SMILES string of the molecule is Cc1cc(F)ccc1S(=O)(=O)Nc1ccc(C(=O)N2CCC(CN)C2)cc1.Cl. The fraction of sp³-hybridized carbons (Fsp3) is 0.316. The van der Waals surface area contributed by atoms with E-state index in [0.29, 0.717) is 42.4 Å². The average molecular weight is 428 g/mol. The van der Waals surface area contributed by atoms with Crippen molar-refractivity contribution < 1.29 is 17.6 Å². The van der Waals surface area contributed by atoms with Gasteiger partial charge in [0.2, 0.25) is 0 Å². The molecule has 9 heteroatoms. The van der Waals surface area contributed by atoms with Crippen LogP contribution in [0.2, 0.25) is 0 Å². The molecule has 152 valence electrons. The van der Waals surface area contributed by atoms with Gasteiger partial charge < -0.3 is 10.6 Å². The van der Waals surface area contributed by atoms with E-state index < -0.39 is 15.8 Å². The van der Waals surface area contributed by atoms with Crippen LogP contribution in [0.3, 0.4) is 0 Å². The van der Waals surface area contributed by atoms with Gasteiger partial charge in [-0.2, -0.15) is 0 Å². The standard InChI is InChI=1S/C19H22FN3O3S.ClH/c1-13-10-16(20)4-7-18(13)27(25,26)22-17-5-2-15(3-6-17)19(24)23-9-8-14(11-21)12-23;/h2-7,10,14,22H,8-9,11-12,21H2,1H3;1H. The molecule has 1 aliphatic rings. The number of aryl methyl sites for hydroxylation is 1. The van der Waals surface area contributed by atoms with Crippen LogP contribution in [0, 0.1) is 18.7 Å². The maximum absolute atomic E-state index is 13.2. The number of sulfonamides is 1. The summed E-state index contributed by atoms with van der Waals surface area (Å²) in [5, 5.41) is 0. The lowest BCUT2D eigenvalue weighted by molar-refractivity contribution is 0.0787. The molecule has 1 saturated heterocycles. The second kappa shape index (κ2) is 8.89. The molecule has 3 N–H and O–H groups in total. The molecule has 6 nitrogen and oxygen atoms in total. The number of carbonyl (C=O) groups is 1. The normalized spacial score (nSPS) is 16.5. The number of halogens is 2. The number of nitrogens with one attached hydrogen (secondary N) is 1.